The summed E-state index contributed by atoms with van der Waals surface area (Å²) < 4.78 is 18.9. The van der Waals surface area contributed by atoms with Crippen molar-refractivity contribution in [2.24, 2.45) is 11.8 Å². The van der Waals surface area contributed by atoms with Gasteiger partial charge in [0, 0.05) is 10.6 Å². The molecule has 3 nitrogen and oxygen atoms in total. The van der Waals surface area contributed by atoms with Gasteiger partial charge in [-0.3, -0.25) is 0 Å². The fraction of sp³-hybridized carbons (Fsp3) is 0.538. The molecule has 30 heavy (non-hydrogen) atoms. The molecule has 160 valence electrons. The number of benzene rings is 2. The number of hydrogen-bond acceptors (Lipinski definition) is 3. The minimum atomic E-state index is -0.248. The number of rotatable bonds is 4. The van der Waals surface area contributed by atoms with Crippen LogP contribution in [0.4, 0.5) is 0 Å². The molecule has 2 fully saturated rings. The quantitative estimate of drug-likeness (QED) is 0.498. The molecule has 5 rings (SSSR count). The lowest BCUT2D eigenvalue weighted by Gasteiger charge is -2.51. The molecule has 0 N–H and O–H groups in total. The predicted octanol–water partition coefficient (Wildman–Crippen LogP) is 7.85. The van der Waals surface area contributed by atoms with Gasteiger partial charge >= 0.3 is 0 Å². The van der Waals surface area contributed by atoms with Crippen LogP contribution in [0.15, 0.2) is 42.5 Å². The summed E-state index contributed by atoms with van der Waals surface area (Å²) in [6, 6.07) is 13.8. The molecule has 4 heteroatoms. The standard InChI is InChI=1S/C26H31ClO3/c27-21-12-7-13-22(16-21)30-23-14-15-25-24(17-23)26(29-18-28-25,19-8-3-1-4-9-19)20-10-5-2-6-11-20/h7,12-17,19-20H,1-6,8-11,18H2. The van der Waals surface area contributed by atoms with E-state index in [-0.39, 0.29) is 5.60 Å². The summed E-state index contributed by atoms with van der Waals surface area (Å²) in [4.78, 5) is 0. The zero-order valence-electron chi connectivity index (χ0n) is 17.6. The van der Waals surface area contributed by atoms with Gasteiger partial charge in [-0.15, -0.1) is 0 Å². The summed E-state index contributed by atoms with van der Waals surface area (Å²) in [5.74, 6) is 3.65. The Labute approximate surface area is 184 Å². The van der Waals surface area contributed by atoms with E-state index in [1.165, 1.54) is 69.8 Å². The van der Waals surface area contributed by atoms with Crippen molar-refractivity contribution in [3.05, 3.63) is 53.1 Å². The molecule has 0 aromatic heterocycles. The van der Waals surface area contributed by atoms with Crippen LogP contribution in [0.2, 0.25) is 5.02 Å². The van der Waals surface area contributed by atoms with Crippen LogP contribution >= 0.6 is 11.6 Å². The van der Waals surface area contributed by atoms with E-state index in [1.54, 1.807) is 0 Å². The molecule has 0 spiro atoms. The molecule has 3 aliphatic rings. The van der Waals surface area contributed by atoms with Gasteiger partial charge in [0.1, 0.15) is 22.8 Å². The lowest BCUT2D eigenvalue weighted by molar-refractivity contribution is -0.202. The van der Waals surface area contributed by atoms with Crippen molar-refractivity contribution >= 4 is 11.6 Å². The van der Waals surface area contributed by atoms with E-state index in [9.17, 15) is 0 Å². The minimum absolute atomic E-state index is 0.248. The lowest BCUT2D eigenvalue weighted by atomic mass is 9.63. The Hall–Kier alpha value is -1.71. The van der Waals surface area contributed by atoms with Gasteiger partial charge in [0.15, 0.2) is 6.79 Å². The van der Waals surface area contributed by atoms with Crippen LogP contribution in [0.5, 0.6) is 17.2 Å². The number of hydrogen-bond donors (Lipinski definition) is 0. The molecule has 0 amide bonds. The highest BCUT2D eigenvalue weighted by molar-refractivity contribution is 6.30. The highest BCUT2D eigenvalue weighted by atomic mass is 35.5. The van der Waals surface area contributed by atoms with E-state index >= 15 is 0 Å². The third kappa shape index (κ3) is 3.83. The fourth-order valence-electron chi connectivity index (χ4n) is 6.01. The van der Waals surface area contributed by atoms with E-state index < -0.39 is 0 Å². The van der Waals surface area contributed by atoms with Crippen molar-refractivity contribution in [2.45, 2.75) is 69.8 Å². The van der Waals surface area contributed by atoms with Gasteiger partial charge in [-0.1, -0.05) is 56.2 Å². The van der Waals surface area contributed by atoms with Gasteiger partial charge in [-0.25, -0.2) is 0 Å². The molecule has 2 aromatic rings. The normalized spacial score (nSPS) is 22.2. The van der Waals surface area contributed by atoms with Crippen LogP contribution < -0.4 is 9.47 Å². The molecule has 2 saturated carbocycles. The molecule has 0 radical (unpaired) electrons. The van der Waals surface area contributed by atoms with E-state index in [0.29, 0.717) is 23.7 Å². The zero-order chi connectivity index (χ0) is 20.4. The second-order valence-electron chi connectivity index (χ2n) is 9.09. The summed E-state index contributed by atoms with van der Waals surface area (Å²) in [5.41, 5.74) is 0.953. The molecule has 0 bridgehead atoms. The first kappa shape index (κ1) is 20.2. The average Bonchev–Trinajstić information content (AvgIpc) is 2.80. The van der Waals surface area contributed by atoms with Crippen molar-refractivity contribution in [2.75, 3.05) is 6.79 Å². The number of halogens is 1. The van der Waals surface area contributed by atoms with Crippen LogP contribution in [0.1, 0.15) is 69.8 Å². The topological polar surface area (TPSA) is 27.7 Å². The fourth-order valence-corrected chi connectivity index (χ4v) is 6.19. The molecule has 0 unspecified atom stereocenters. The van der Waals surface area contributed by atoms with Gasteiger partial charge < -0.3 is 14.2 Å². The second kappa shape index (κ2) is 8.80. The molecular formula is C26H31ClO3. The summed E-state index contributed by atoms with van der Waals surface area (Å²) in [6.45, 7) is 0.356. The Morgan fingerprint density at radius 3 is 2.13 bits per heavy atom. The summed E-state index contributed by atoms with van der Waals surface area (Å²) in [5, 5.41) is 0.677. The van der Waals surface area contributed by atoms with E-state index in [2.05, 4.69) is 12.1 Å². The predicted molar refractivity (Wildman–Crippen MR) is 119 cm³/mol. The first-order chi connectivity index (χ1) is 14.8. The molecule has 2 aliphatic carbocycles. The molecule has 1 heterocycles. The van der Waals surface area contributed by atoms with Crippen molar-refractivity contribution in [3.63, 3.8) is 0 Å². The summed E-state index contributed by atoms with van der Waals surface area (Å²) >= 11 is 6.15. The highest BCUT2D eigenvalue weighted by Gasteiger charge is 2.51. The monoisotopic (exact) mass is 426 g/mol. The van der Waals surface area contributed by atoms with E-state index in [4.69, 9.17) is 25.8 Å². The molecular weight excluding hydrogens is 396 g/mol. The van der Waals surface area contributed by atoms with Crippen molar-refractivity contribution in [3.8, 4) is 17.2 Å². The van der Waals surface area contributed by atoms with Crippen molar-refractivity contribution in [1.82, 2.24) is 0 Å². The third-order valence-electron chi connectivity index (χ3n) is 7.34. The molecule has 0 atom stereocenters. The largest absolute Gasteiger partial charge is 0.467 e. The van der Waals surface area contributed by atoms with E-state index in [1.807, 2.05) is 30.3 Å². The van der Waals surface area contributed by atoms with Crippen LogP contribution in [0.25, 0.3) is 0 Å². The van der Waals surface area contributed by atoms with Gasteiger partial charge in [0.05, 0.1) is 0 Å². The van der Waals surface area contributed by atoms with Gasteiger partial charge in [0.2, 0.25) is 0 Å². The van der Waals surface area contributed by atoms with E-state index in [0.717, 1.165) is 17.2 Å². The van der Waals surface area contributed by atoms with Crippen LogP contribution in [0.3, 0.4) is 0 Å². The summed E-state index contributed by atoms with van der Waals surface area (Å²) in [7, 11) is 0. The maximum atomic E-state index is 6.70. The van der Waals surface area contributed by atoms with Gasteiger partial charge in [-0.2, -0.15) is 0 Å². The Balaban J connectivity index is 1.55. The molecule has 1 aliphatic heterocycles. The SMILES string of the molecule is Clc1cccc(Oc2ccc3c(c2)C(C2CCCCC2)(C2CCCCC2)OCO3)c1. The molecule has 0 saturated heterocycles. The maximum absolute atomic E-state index is 6.70. The third-order valence-corrected chi connectivity index (χ3v) is 7.57. The number of fused-ring (bicyclic) bond motifs is 1. The van der Waals surface area contributed by atoms with Crippen LogP contribution in [-0.4, -0.2) is 6.79 Å². The summed E-state index contributed by atoms with van der Waals surface area (Å²) in [6.07, 6.45) is 12.9. The van der Waals surface area contributed by atoms with Crippen molar-refractivity contribution in [1.29, 1.82) is 0 Å². The Morgan fingerprint density at radius 1 is 0.800 bits per heavy atom. The van der Waals surface area contributed by atoms with Gasteiger partial charge in [0.25, 0.3) is 0 Å². The Kier molecular flexibility index (Phi) is 5.93. The zero-order valence-corrected chi connectivity index (χ0v) is 18.3. The lowest BCUT2D eigenvalue weighted by Crippen LogP contribution is -2.49. The minimum Gasteiger partial charge on any atom is -0.467 e. The Morgan fingerprint density at radius 2 is 1.47 bits per heavy atom. The van der Waals surface area contributed by atoms with Crippen LogP contribution in [-0.2, 0) is 10.3 Å². The Bertz CT molecular complexity index is 850. The molecule has 2 aromatic carbocycles. The first-order valence-corrected chi connectivity index (χ1v) is 12.0. The maximum Gasteiger partial charge on any atom is 0.190 e. The average molecular weight is 427 g/mol. The van der Waals surface area contributed by atoms with Crippen molar-refractivity contribution < 1.29 is 14.2 Å². The smallest absolute Gasteiger partial charge is 0.190 e. The first-order valence-electron chi connectivity index (χ1n) is 11.6. The highest BCUT2D eigenvalue weighted by Crippen LogP contribution is 2.55. The number of ether oxygens (including phenoxy) is 3. The van der Waals surface area contributed by atoms with Gasteiger partial charge in [-0.05, 0) is 73.9 Å². The second-order valence-corrected chi connectivity index (χ2v) is 9.52. The van der Waals surface area contributed by atoms with Crippen LogP contribution in [0, 0.1) is 11.8 Å².